The second-order valence-corrected chi connectivity index (χ2v) is 10.3. The summed E-state index contributed by atoms with van der Waals surface area (Å²) in [5.41, 5.74) is 0.377. The average Bonchev–Trinajstić information content (AvgIpc) is 2.74. The summed E-state index contributed by atoms with van der Waals surface area (Å²) in [6.45, 7) is 0.485. The molecule has 1 aliphatic carbocycles. The van der Waals surface area contributed by atoms with Crippen LogP contribution in [0.2, 0.25) is 0 Å². The van der Waals surface area contributed by atoms with Crippen LogP contribution in [0.5, 0.6) is 0 Å². The van der Waals surface area contributed by atoms with E-state index in [1.807, 2.05) is 35.2 Å². The number of rotatable bonds is 3. The summed E-state index contributed by atoms with van der Waals surface area (Å²) >= 11 is 0. The van der Waals surface area contributed by atoms with Crippen LogP contribution >= 0.6 is 0 Å². The summed E-state index contributed by atoms with van der Waals surface area (Å²) in [4.78, 5) is 15.3. The minimum Gasteiger partial charge on any atom is -0.385 e. The molecule has 2 aliphatic rings. The van der Waals surface area contributed by atoms with Crippen molar-refractivity contribution in [2.45, 2.75) is 48.6 Å². The minimum atomic E-state index is -3.28. The van der Waals surface area contributed by atoms with Crippen LogP contribution in [-0.4, -0.2) is 43.2 Å². The predicted molar refractivity (Wildman–Crippen MR) is 111 cm³/mol. The maximum atomic E-state index is 13.1. The van der Waals surface area contributed by atoms with Gasteiger partial charge in [0.25, 0.3) is 5.91 Å². The van der Waals surface area contributed by atoms with E-state index in [1.54, 1.807) is 24.3 Å². The highest BCUT2D eigenvalue weighted by atomic mass is 32.2. The molecule has 2 aromatic rings. The lowest BCUT2D eigenvalue weighted by Crippen LogP contribution is -2.59. The van der Waals surface area contributed by atoms with Crippen molar-refractivity contribution in [3.8, 4) is 0 Å². The molecular formula is C23H27NO4S. The normalized spacial score (nSPS) is 27.3. The lowest BCUT2D eigenvalue weighted by Gasteiger charge is -2.52. The van der Waals surface area contributed by atoms with E-state index in [-0.39, 0.29) is 22.8 Å². The van der Waals surface area contributed by atoms with Gasteiger partial charge in [-0.1, -0.05) is 43.2 Å². The summed E-state index contributed by atoms with van der Waals surface area (Å²) in [7, 11) is -3.28. The number of benzene rings is 2. The predicted octanol–water partition coefficient (Wildman–Crippen LogP) is 3.38. The first-order valence-electron chi connectivity index (χ1n) is 10.2. The molecule has 2 aromatic carbocycles. The van der Waals surface area contributed by atoms with Gasteiger partial charge in [0.1, 0.15) is 0 Å². The number of piperidine rings is 1. The second-order valence-electron chi connectivity index (χ2n) is 8.29. The first-order valence-corrected chi connectivity index (χ1v) is 12.1. The van der Waals surface area contributed by atoms with Crippen molar-refractivity contribution in [2.24, 2.45) is 5.92 Å². The monoisotopic (exact) mass is 413 g/mol. The number of amides is 1. The van der Waals surface area contributed by atoms with Gasteiger partial charge >= 0.3 is 0 Å². The molecule has 1 aliphatic heterocycles. The molecule has 1 saturated heterocycles. The first-order chi connectivity index (χ1) is 13.8. The van der Waals surface area contributed by atoms with Gasteiger partial charge in [0.05, 0.1) is 10.5 Å². The number of hydrogen-bond acceptors (Lipinski definition) is 4. The Labute approximate surface area is 172 Å². The van der Waals surface area contributed by atoms with Gasteiger partial charge in [0, 0.05) is 30.3 Å². The fourth-order valence-electron chi connectivity index (χ4n) is 5.03. The lowest BCUT2D eigenvalue weighted by atomic mass is 9.66. The first kappa shape index (κ1) is 20.1. The third-order valence-corrected chi connectivity index (χ3v) is 7.67. The molecule has 1 saturated carbocycles. The number of carbonyl (C=O) groups is 1. The number of sulfone groups is 1. The smallest absolute Gasteiger partial charge is 0.254 e. The highest BCUT2D eigenvalue weighted by Gasteiger charge is 2.50. The minimum absolute atomic E-state index is 0.00945. The Morgan fingerprint density at radius 3 is 2.34 bits per heavy atom. The van der Waals surface area contributed by atoms with Crippen molar-refractivity contribution in [1.29, 1.82) is 0 Å². The SMILES string of the molecule is CS(=O)(=O)c1ccc(C2(O)CCN(C(=O)c3ccccc3)[C@@H]3CCCC[C@H]32)cc1. The van der Waals surface area contributed by atoms with E-state index in [9.17, 15) is 18.3 Å². The molecule has 4 rings (SSSR count). The van der Waals surface area contributed by atoms with E-state index >= 15 is 0 Å². The quantitative estimate of drug-likeness (QED) is 0.837. The molecule has 154 valence electrons. The summed E-state index contributed by atoms with van der Waals surface area (Å²) in [6.07, 6.45) is 5.44. The van der Waals surface area contributed by atoms with Gasteiger partial charge in [-0.3, -0.25) is 4.79 Å². The topological polar surface area (TPSA) is 74.7 Å². The Balaban J connectivity index is 1.65. The largest absolute Gasteiger partial charge is 0.385 e. The van der Waals surface area contributed by atoms with Crippen molar-refractivity contribution in [3.63, 3.8) is 0 Å². The molecule has 1 heterocycles. The molecule has 5 nitrogen and oxygen atoms in total. The highest BCUT2D eigenvalue weighted by molar-refractivity contribution is 7.90. The third-order valence-electron chi connectivity index (χ3n) is 6.54. The molecule has 2 fully saturated rings. The van der Waals surface area contributed by atoms with Crippen molar-refractivity contribution in [3.05, 3.63) is 65.7 Å². The molecular weight excluding hydrogens is 386 g/mol. The van der Waals surface area contributed by atoms with E-state index in [0.29, 0.717) is 18.5 Å². The van der Waals surface area contributed by atoms with Crippen LogP contribution in [-0.2, 0) is 15.4 Å². The molecule has 1 unspecified atom stereocenters. The molecule has 1 N–H and O–H groups in total. The maximum Gasteiger partial charge on any atom is 0.254 e. The standard InChI is InChI=1S/C23H27NO4S/c1-29(27,28)19-13-11-18(12-14-19)23(26)15-16-24(21-10-6-5-9-20(21)23)22(25)17-7-3-2-4-8-17/h2-4,7-8,11-14,20-21,26H,5-6,9-10,15-16H2,1H3/t20-,21-,23?/m1/s1. The van der Waals surface area contributed by atoms with Gasteiger partial charge in [-0.05, 0) is 49.1 Å². The van der Waals surface area contributed by atoms with E-state index in [2.05, 4.69) is 0 Å². The molecule has 0 bridgehead atoms. The number of nitrogens with zero attached hydrogens (tertiary/aromatic N) is 1. The van der Waals surface area contributed by atoms with Gasteiger partial charge in [-0.15, -0.1) is 0 Å². The van der Waals surface area contributed by atoms with Crippen LogP contribution in [0.3, 0.4) is 0 Å². The molecule has 0 aromatic heterocycles. The van der Waals surface area contributed by atoms with Gasteiger partial charge < -0.3 is 10.0 Å². The van der Waals surface area contributed by atoms with Crippen LogP contribution in [0.1, 0.15) is 48.0 Å². The summed E-state index contributed by atoms with van der Waals surface area (Å²) < 4.78 is 23.5. The number of aliphatic hydroxyl groups is 1. The third kappa shape index (κ3) is 3.71. The molecule has 29 heavy (non-hydrogen) atoms. The Hall–Kier alpha value is -2.18. The lowest BCUT2D eigenvalue weighted by molar-refractivity contribution is -0.110. The summed E-state index contributed by atoms with van der Waals surface area (Å²) in [6, 6.07) is 15.9. The summed E-state index contributed by atoms with van der Waals surface area (Å²) in [5.74, 6) is -0.0290. The van der Waals surface area contributed by atoms with Crippen LogP contribution in [0.25, 0.3) is 0 Å². The average molecular weight is 414 g/mol. The fraction of sp³-hybridized carbons (Fsp3) is 0.435. The van der Waals surface area contributed by atoms with Crippen molar-refractivity contribution < 1.29 is 18.3 Å². The Kier molecular flexibility index (Phi) is 5.25. The number of likely N-dealkylation sites (tertiary alicyclic amines) is 1. The van der Waals surface area contributed by atoms with Gasteiger partial charge in [-0.2, -0.15) is 0 Å². The Bertz CT molecular complexity index is 987. The fourth-order valence-corrected chi connectivity index (χ4v) is 5.66. The molecule has 0 spiro atoms. The van der Waals surface area contributed by atoms with Crippen LogP contribution in [0.15, 0.2) is 59.5 Å². The van der Waals surface area contributed by atoms with E-state index < -0.39 is 15.4 Å². The van der Waals surface area contributed by atoms with Gasteiger partial charge in [-0.25, -0.2) is 8.42 Å². The van der Waals surface area contributed by atoms with Crippen molar-refractivity contribution in [1.82, 2.24) is 4.90 Å². The van der Waals surface area contributed by atoms with Crippen LogP contribution in [0, 0.1) is 5.92 Å². The van der Waals surface area contributed by atoms with E-state index in [1.165, 1.54) is 6.26 Å². The number of carbonyl (C=O) groups excluding carboxylic acids is 1. The molecule has 3 atom stereocenters. The van der Waals surface area contributed by atoms with Crippen molar-refractivity contribution >= 4 is 15.7 Å². The van der Waals surface area contributed by atoms with E-state index in [4.69, 9.17) is 0 Å². The Morgan fingerprint density at radius 2 is 1.69 bits per heavy atom. The zero-order chi connectivity index (χ0) is 20.6. The zero-order valence-corrected chi connectivity index (χ0v) is 17.4. The van der Waals surface area contributed by atoms with Gasteiger partial charge in [0.15, 0.2) is 9.84 Å². The molecule has 6 heteroatoms. The van der Waals surface area contributed by atoms with Gasteiger partial charge in [0.2, 0.25) is 0 Å². The molecule has 0 radical (unpaired) electrons. The zero-order valence-electron chi connectivity index (χ0n) is 16.6. The number of hydrogen-bond donors (Lipinski definition) is 1. The van der Waals surface area contributed by atoms with Crippen molar-refractivity contribution in [2.75, 3.05) is 12.8 Å². The highest BCUT2D eigenvalue weighted by Crippen LogP contribution is 2.47. The van der Waals surface area contributed by atoms with E-state index in [0.717, 1.165) is 31.2 Å². The Morgan fingerprint density at radius 1 is 1.03 bits per heavy atom. The maximum absolute atomic E-state index is 13.1. The molecule has 1 amide bonds. The number of fused-ring (bicyclic) bond motifs is 1. The van der Waals surface area contributed by atoms with Crippen LogP contribution < -0.4 is 0 Å². The van der Waals surface area contributed by atoms with Crippen LogP contribution in [0.4, 0.5) is 0 Å². The summed E-state index contributed by atoms with van der Waals surface area (Å²) in [5, 5.41) is 11.7. The second kappa shape index (κ2) is 7.58.